The number of hydrazone groups is 1. The maximum Gasteiger partial charge on any atom is 0.266 e. The highest BCUT2D eigenvalue weighted by Gasteiger charge is 2.23. The molecule has 0 fully saturated rings. The van der Waals surface area contributed by atoms with Crippen molar-refractivity contribution in [3.63, 3.8) is 0 Å². The van der Waals surface area contributed by atoms with Gasteiger partial charge in [0.25, 0.3) is 10.1 Å². The van der Waals surface area contributed by atoms with Gasteiger partial charge in [0.05, 0.1) is 5.75 Å². The molecular weight excluding hydrogens is 226 g/mol. The normalized spacial score (nSPS) is 28.8. The molecule has 8 heteroatoms. The largest absolute Gasteiger partial charge is 0.286 e. The molecule has 6 nitrogen and oxygen atoms in total. The lowest BCUT2D eigenvalue weighted by molar-refractivity contribution is 0.213. The number of hydrogen-bond acceptors (Lipinski definition) is 6. The van der Waals surface area contributed by atoms with Crippen LogP contribution in [-0.4, -0.2) is 47.9 Å². The summed E-state index contributed by atoms with van der Waals surface area (Å²) < 4.78 is 29.7. The van der Waals surface area contributed by atoms with Gasteiger partial charge in [-0.05, 0) is 6.92 Å². The van der Waals surface area contributed by atoms with Crippen LogP contribution in [0.15, 0.2) is 5.10 Å². The second-order valence-corrected chi connectivity index (χ2v) is 5.11. The minimum absolute atomic E-state index is 0.000463. The maximum absolute atomic E-state index is 10.5. The fourth-order valence-electron chi connectivity index (χ4n) is 1.15. The summed E-state index contributed by atoms with van der Waals surface area (Å²) in [6, 6.07) is 0.000463. The molecule has 0 amide bonds. The van der Waals surface area contributed by atoms with E-state index in [1.165, 1.54) is 0 Å². The summed E-state index contributed by atoms with van der Waals surface area (Å²) >= 11 is 4.17. The van der Waals surface area contributed by atoms with Gasteiger partial charge in [0.1, 0.15) is 5.50 Å². The molecule has 0 aliphatic carbocycles. The summed E-state index contributed by atoms with van der Waals surface area (Å²) in [6.45, 7) is 2.09. The molecular formula is C6H13N3O3S2. The second kappa shape index (κ2) is 4.47. The van der Waals surface area contributed by atoms with Gasteiger partial charge in [0.2, 0.25) is 0 Å². The molecule has 1 rings (SSSR count). The fraction of sp³-hybridized carbons (Fsp3) is 0.833. The van der Waals surface area contributed by atoms with Crippen LogP contribution < -0.4 is 5.43 Å². The zero-order valence-corrected chi connectivity index (χ0v) is 9.37. The Morgan fingerprint density at radius 1 is 1.71 bits per heavy atom. The van der Waals surface area contributed by atoms with E-state index in [0.717, 1.165) is 0 Å². The smallest absolute Gasteiger partial charge is 0.266 e. The predicted octanol–water partition coefficient (Wildman–Crippen LogP) is -0.633. The van der Waals surface area contributed by atoms with Gasteiger partial charge in [-0.3, -0.25) is 14.9 Å². The zero-order valence-electron chi connectivity index (χ0n) is 7.66. The predicted molar refractivity (Wildman–Crippen MR) is 57.0 cm³/mol. The van der Waals surface area contributed by atoms with Crippen molar-refractivity contribution in [3.8, 4) is 0 Å². The molecule has 2 atom stereocenters. The summed E-state index contributed by atoms with van der Waals surface area (Å²) in [6.07, 6.45) is 1.65. The summed E-state index contributed by atoms with van der Waals surface area (Å²) in [4.78, 5) is 1.77. The maximum atomic E-state index is 10.5. The van der Waals surface area contributed by atoms with Crippen LogP contribution in [-0.2, 0) is 10.1 Å². The van der Waals surface area contributed by atoms with Crippen LogP contribution in [0.5, 0.6) is 0 Å². The molecule has 1 heterocycles. The van der Waals surface area contributed by atoms with Crippen molar-refractivity contribution in [2.24, 2.45) is 5.10 Å². The Hall–Kier alpha value is -0.310. The first-order valence-corrected chi connectivity index (χ1v) is 6.20. The molecule has 82 valence electrons. The van der Waals surface area contributed by atoms with Crippen molar-refractivity contribution < 1.29 is 13.0 Å². The van der Waals surface area contributed by atoms with Crippen LogP contribution in [0.3, 0.4) is 0 Å². The third kappa shape index (κ3) is 3.45. The molecule has 0 spiro atoms. The molecule has 1 aliphatic rings. The van der Waals surface area contributed by atoms with Gasteiger partial charge >= 0.3 is 0 Å². The van der Waals surface area contributed by atoms with Gasteiger partial charge in [0.15, 0.2) is 0 Å². The van der Waals surface area contributed by atoms with E-state index >= 15 is 0 Å². The topological polar surface area (TPSA) is 82.0 Å². The summed E-state index contributed by atoms with van der Waals surface area (Å²) in [5.74, 6) is -0.302. The Balaban J connectivity index is 2.55. The number of thiol groups is 1. The highest BCUT2D eigenvalue weighted by Crippen LogP contribution is 2.09. The van der Waals surface area contributed by atoms with E-state index in [0.29, 0.717) is 0 Å². The van der Waals surface area contributed by atoms with E-state index in [-0.39, 0.29) is 23.8 Å². The molecule has 0 radical (unpaired) electrons. The molecule has 2 unspecified atom stereocenters. The fourth-order valence-corrected chi connectivity index (χ4v) is 1.98. The van der Waals surface area contributed by atoms with Gasteiger partial charge in [-0.25, -0.2) is 0 Å². The van der Waals surface area contributed by atoms with Crippen LogP contribution >= 0.6 is 12.6 Å². The first-order valence-electron chi connectivity index (χ1n) is 4.08. The first-order chi connectivity index (χ1) is 6.40. The van der Waals surface area contributed by atoms with Crippen molar-refractivity contribution in [1.29, 1.82) is 0 Å². The summed E-state index contributed by atoms with van der Waals surface area (Å²) in [5.41, 5.74) is 2.36. The summed E-state index contributed by atoms with van der Waals surface area (Å²) in [7, 11) is -3.92. The summed E-state index contributed by atoms with van der Waals surface area (Å²) in [5, 5.41) is 3.83. The lowest BCUT2D eigenvalue weighted by atomic mass is 10.3. The van der Waals surface area contributed by atoms with Crippen LogP contribution in [0.1, 0.15) is 6.92 Å². The molecule has 0 saturated carbocycles. The molecule has 0 aromatic heterocycles. The van der Waals surface area contributed by atoms with E-state index < -0.39 is 10.1 Å². The second-order valence-electron chi connectivity index (χ2n) is 3.05. The van der Waals surface area contributed by atoms with E-state index in [9.17, 15) is 8.42 Å². The van der Waals surface area contributed by atoms with Crippen molar-refractivity contribution in [3.05, 3.63) is 0 Å². The third-order valence-corrected chi connectivity index (χ3v) is 3.04. The number of rotatable bonds is 3. The molecule has 0 saturated heterocycles. The SMILES string of the molecule is CC1C=NNC(S)N1CCS(=O)(=O)O. The highest BCUT2D eigenvalue weighted by molar-refractivity contribution is 7.85. The molecule has 0 bridgehead atoms. The Bertz CT molecular complexity index is 316. The van der Waals surface area contributed by atoms with Gasteiger partial charge in [0, 0.05) is 18.8 Å². The molecule has 2 N–H and O–H groups in total. The van der Waals surface area contributed by atoms with Crippen LogP contribution in [0.25, 0.3) is 0 Å². The van der Waals surface area contributed by atoms with Crippen LogP contribution in [0, 0.1) is 0 Å². The van der Waals surface area contributed by atoms with E-state index in [4.69, 9.17) is 4.55 Å². The Morgan fingerprint density at radius 2 is 2.36 bits per heavy atom. The van der Waals surface area contributed by atoms with Gasteiger partial charge in [-0.2, -0.15) is 13.5 Å². The standard InChI is InChI=1S/C6H13N3O3S2/c1-5-4-7-8-6(13)9(5)2-3-14(10,11)12/h4-6,8,13H,2-3H2,1H3,(H,10,11,12). The average molecular weight is 239 g/mol. The van der Waals surface area contributed by atoms with Crippen LogP contribution in [0.2, 0.25) is 0 Å². The van der Waals surface area contributed by atoms with Crippen LogP contribution in [0.4, 0.5) is 0 Å². The van der Waals surface area contributed by atoms with E-state index in [1.54, 1.807) is 11.1 Å². The minimum atomic E-state index is -3.92. The molecule has 0 aromatic rings. The average Bonchev–Trinajstić information content (AvgIpc) is 2.01. The minimum Gasteiger partial charge on any atom is -0.286 e. The third-order valence-electron chi connectivity index (χ3n) is 1.92. The number of hydrogen-bond donors (Lipinski definition) is 3. The number of nitrogens with zero attached hydrogens (tertiary/aromatic N) is 2. The Kier molecular flexibility index (Phi) is 3.76. The molecule has 14 heavy (non-hydrogen) atoms. The van der Waals surface area contributed by atoms with Crippen molar-refractivity contribution in [2.45, 2.75) is 18.5 Å². The Morgan fingerprint density at radius 3 is 2.86 bits per heavy atom. The van der Waals surface area contributed by atoms with Gasteiger partial charge < -0.3 is 0 Å². The first kappa shape index (κ1) is 11.8. The molecule has 1 aliphatic heterocycles. The van der Waals surface area contributed by atoms with Crippen molar-refractivity contribution in [1.82, 2.24) is 10.3 Å². The Labute approximate surface area is 88.5 Å². The number of nitrogens with one attached hydrogen (secondary N) is 1. The van der Waals surface area contributed by atoms with E-state index in [2.05, 4.69) is 23.2 Å². The monoisotopic (exact) mass is 239 g/mol. The quantitative estimate of drug-likeness (QED) is 0.451. The van der Waals surface area contributed by atoms with Crippen molar-refractivity contribution in [2.75, 3.05) is 12.3 Å². The lowest BCUT2D eigenvalue weighted by Gasteiger charge is -2.34. The van der Waals surface area contributed by atoms with Gasteiger partial charge in [-0.15, -0.1) is 12.6 Å². The van der Waals surface area contributed by atoms with Gasteiger partial charge in [-0.1, -0.05) is 0 Å². The lowest BCUT2D eigenvalue weighted by Crippen LogP contribution is -2.51. The van der Waals surface area contributed by atoms with Crippen molar-refractivity contribution >= 4 is 29.0 Å². The van der Waals surface area contributed by atoms with E-state index in [1.807, 2.05) is 6.92 Å². The molecule has 0 aromatic carbocycles. The highest BCUT2D eigenvalue weighted by atomic mass is 32.2. The zero-order chi connectivity index (χ0) is 10.8.